The highest BCUT2D eigenvalue weighted by Crippen LogP contribution is 2.41. The third-order valence-electron chi connectivity index (χ3n) is 5.36. The summed E-state index contributed by atoms with van der Waals surface area (Å²) in [5.41, 5.74) is 3.48. The SMILES string of the molecule is COc1cc(-c2cc(C(=O)N(C)c3ccccc3)c3ccccc3n2)cc(OC)c1OC. The Bertz CT molecular complexity index is 1250. The van der Waals surface area contributed by atoms with Crippen LogP contribution in [0.3, 0.4) is 0 Å². The second kappa shape index (κ2) is 8.98. The molecule has 1 heterocycles. The maximum absolute atomic E-state index is 13.5. The molecule has 1 aromatic heterocycles. The van der Waals surface area contributed by atoms with Gasteiger partial charge >= 0.3 is 0 Å². The molecule has 4 aromatic rings. The number of benzene rings is 3. The molecule has 0 fully saturated rings. The molecule has 0 N–H and O–H groups in total. The van der Waals surface area contributed by atoms with Crippen molar-refractivity contribution >= 4 is 22.5 Å². The lowest BCUT2D eigenvalue weighted by atomic mass is 10.0. The van der Waals surface area contributed by atoms with Crippen LogP contribution in [0.1, 0.15) is 10.4 Å². The van der Waals surface area contributed by atoms with Gasteiger partial charge in [-0.15, -0.1) is 0 Å². The molecule has 6 nitrogen and oxygen atoms in total. The first-order chi connectivity index (χ1) is 15.6. The predicted octanol–water partition coefficient (Wildman–Crippen LogP) is 5.20. The van der Waals surface area contributed by atoms with Crippen molar-refractivity contribution in [2.75, 3.05) is 33.3 Å². The second-order valence-corrected chi connectivity index (χ2v) is 7.19. The molecule has 162 valence electrons. The van der Waals surface area contributed by atoms with Crippen molar-refractivity contribution in [1.82, 2.24) is 4.98 Å². The maximum Gasteiger partial charge on any atom is 0.258 e. The Balaban J connectivity index is 1.89. The topological polar surface area (TPSA) is 60.9 Å². The zero-order chi connectivity index (χ0) is 22.7. The number of pyridine rings is 1. The van der Waals surface area contributed by atoms with Crippen LogP contribution in [-0.4, -0.2) is 39.3 Å². The van der Waals surface area contributed by atoms with Crippen molar-refractivity contribution < 1.29 is 19.0 Å². The zero-order valence-corrected chi connectivity index (χ0v) is 18.5. The van der Waals surface area contributed by atoms with E-state index in [1.165, 1.54) is 0 Å². The second-order valence-electron chi connectivity index (χ2n) is 7.19. The number of para-hydroxylation sites is 2. The van der Waals surface area contributed by atoms with Gasteiger partial charge in [0.05, 0.1) is 38.1 Å². The lowest BCUT2D eigenvalue weighted by Crippen LogP contribution is -2.26. The van der Waals surface area contributed by atoms with Gasteiger partial charge in [-0.05, 0) is 36.4 Å². The van der Waals surface area contributed by atoms with Gasteiger partial charge in [0.1, 0.15) is 0 Å². The number of hydrogen-bond donors (Lipinski definition) is 0. The molecule has 1 amide bonds. The van der Waals surface area contributed by atoms with Crippen LogP contribution in [0.25, 0.3) is 22.2 Å². The smallest absolute Gasteiger partial charge is 0.258 e. The lowest BCUT2D eigenvalue weighted by Gasteiger charge is -2.19. The monoisotopic (exact) mass is 428 g/mol. The van der Waals surface area contributed by atoms with Gasteiger partial charge in [0.25, 0.3) is 5.91 Å². The number of carbonyl (C=O) groups excluding carboxylic acids is 1. The van der Waals surface area contributed by atoms with E-state index < -0.39 is 0 Å². The van der Waals surface area contributed by atoms with Crippen molar-refractivity contribution in [3.63, 3.8) is 0 Å². The number of fused-ring (bicyclic) bond motifs is 1. The summed E-state index contributed by atoms with van der Waals surface area (Å²) < 4.78 is 16.4. The molecule has 0 aliphatic carbocycles. The summed E-state index contributed by atoms with van der Waals surface area (Å²) in [6, 6.07) is 22.6. The molecule has 6 heteroatoms. The van der Waals surface area contributed by atoms with Gasteiger partial charge < -0.3 is 19.1 Å². The Morgan fingerprint density at radius 1 is 0.812 bits per heavy atom. The average Bonchev–Trinajstić information content (AvgIpc) is 2.86. The molecule has 0 saturated carbocycles. The molecule has 32 heavy (non-hydrogen) atoms. The number of amides is 1. The Morgan fingerprint density at radius 3 is 2.06 bits per heavy atom. The first-order valence-electron chi connectivity index (χ1n) is 10.1. The molecule has 0 atom stereocenters. The minimum absolute atomic E-state index is 0.122. The standard InChI is InChI=1S/C26H24N2O4/c1-28(18-10-6-5-7-11-18)26(29)20-16-22(27-21-13-9-8-12-19(20)21)17-14-23(30-2)25(32-4)24(15-17)31-3/h5-16H,1-4H3. The summed E-state index contributed by atoms with van der Waals surface area (Å²) >= 11 is 0. The molecular weight excluding hydrogens is 404 g/mol. The quantitative estimate of drug-likeness (QED) is 0.422. The van der Waals surface area contributed by atoms with Gasteiger partial charge in [-0.2, -0.15) is 0 Å². The van der Waals surface area contributed by atoms with Crippen LogP contribution in [-0.2, 0) is 0 Å². The summed E-state index contributed by atoms with van der Waals surface area (Å²) in [7, 11) is 6.47. The largest absolute Gasteiger partial charge is 0.493 e. The molecular formula is C26H24N2O4. The summed E-state index contributed by atoms with van der Waals surface area (Å²) in [6.45, 7) is 0. The summed E-state index contributed by atoms with van der Waals surface area (Å²) in [6.07, 6.45) is 0. The average molecular weight is 428 g/mol. The first kappa shape index (κ1) is 21.2. The molecule has 0 radical (unpaired) electrons. The van der Waals surface area contributed by atoms with Crippen molar-refractivity contribution in [2.24, 2.45) is 0 Å². The molecule has 0 bridgehead atoms. The minimum Gasteiger partial charge on any atom is -0.493 e. The number of nitrogens with zero attached hydrogens (tertiary/aromatic N) is 2. The highest BCUT2D eigenvalue weighted by atomic mass is 16.5. The Labute approximate surface area is 187 Å². The molecule has 0 aliphatic rings. The number of anilines is 1. The molecule has 0 unspecified atom stereocenters. The summed E-state index contributed by atoms with van der Waals surface area (Å²) in [5.74, 6) is 1.42. The number of hydrogen-bond acceptors (Lipinski definition) is 5. The number of ether oxygens (including phenoxy) is 3. The highest BCUT2D eigenvalue weighted by molar-refractivity contribution is 6.14. The van der Waals surface area contributed by atoms with Gasteiger partial charge in [-0.1, -0.05) is 36.4 Å². The number of methoxy groups -OCH3 is 3. The molecule has 0 aliphatic heterocycles. The van der Waals surface area contributed by atoms with Gasteiger partial charge in [0.15, 0.2) is 11.5 Å². The van der Waals surface area contributed by atoms with E-state index in [2.05, 4.69) is 0 Å². The van der Waals surface area contributed by atoms with Gasteiger partial charge in [0, 0.05) is 23.7 Å². The minimum atomic E-state index is -0.122. The number of carbonyl (C=O) groups is 1. The Morgan fingerprint density at radius 2 is 1.44 bits per heavy atom. The van der Waals surface area contributed by atoms with Crippen LogP contribution in [0.2, 0.25) is 0 Å². The highest BCUT2D eigenvalue weighted by Gasteiger charge is 2.20. The molecule has 3 aromatic carbocycles. The number of rotatable bonds is 6. The predicted molar refractivity (Wildman–Crippen MR) is 126 cm³/mol. The molecule has 4 rings (SSSR count). The lowest BCUT2D eigenvalue weighted by molar-refractivity contribution is 0.0994. The van der Waals surface area contributed by atoms with E-state index in [0.717, 1.165) is 22.2 Å². The van der Waals surface area contributed by atoms with E-state index in [-0.39, 0.29) is 5.91 Å². The third kappa shape index (κ3) is 3.83. The zero-order valence-electron chi connectivity index (χ0n) is 18.5. The van der Waals surface area contributed by atoms with Gasteiger partial charge in [-0.25, -0.2) is 4.98 Å². The van der Waals surface area contributed by atoms with Gasteiger partial charge in [-0.3, -0.25) is 4.79 Å². The fourth-order valence-corrected chi connectivity index (χ4v) is 3.68. The van der Waals surface area contributed by atoms with Crippen molar-refractivity contribution in [3.05, 3.63) is 78.4 Å². The maximum atomic E-state index is 13.5. The van der Waals surface area contributed by atoms with Crippen LogP contribution >= 0.6 is 0 Å². The summed E-state index contributed by atoms with van der Waals surface area (Å²) in [4.78, 5) is 20.0. The van der Waals surface area contributed by atoms with Crippen molar-refractivity contribution in [2.45, 2.75) is 0 Å². The van der Waals surface area contributed by atoms with Crippen LogP contribution in [0.5, 0.6) is 17.2 Å². The van der Waals surface area contributed by atoms with Crippen molar-refractivity contribution in [3.8, 4) is 28.5 Å². The fourth-order valence-electron chi connectivity index (χ4n) is 3.68. The van der Waals surface area contributed by atoms with E-state index in [0.29, 0.717) is 28.5 Å². The Hall–Kier alpha value is -4.06. The van der Waals surface area contributed by atoms with Crippen LogP contribution in [0.15, 0.2) is 72.8 Å². The first-order valence-corrected chi connectivity index (χ1v) is 10.1. The van der Waals surface area contributed by atoms with Crippen molar-refractivity contribution in [1.29, 1.82) is 0 Å². The summed E-state index contributed by atoms with van der Waals surface area (Å²) in [5, 5.41) is 0.788. The van der Waals surface area contributed by atoms with E-state index in [1.54, 1.807) is 33.3 Å². The Kier molecular flexibility index (Phi) is 5.94. The third-order valence-corrected chi connectivity index (χ3v) is 5.36. The fraction of sp³-hybridized carbons (Fsp3) is 0.154. The van der Waals surface area contributed by atoms with E-state index in [9.17, 15) is 4.79 Å². The van der Waals surface area contributed by atoms with E-state index in [1.807, 2.05) is 72.8 Å². The molecule has 0 spiro atoms. The van der Waals surface area contributed by atoms with E-state index >= 15 is 0 Å². The van der Waals surface area contributed by atoms with Crippen LogP contribution in [0.4, 0.5) is 5.69 Å². The number of aromatic nitrogens is 1. The molecule has 0 saturated heterocycles. The van der Waals surface area contributed by atoms with E-state index in [4.69, 9.17) is 19.2 Å². The van der Waals surface area contributed by atoms with Gasteiger partial charge in [0.2, 0.25) is 5.75 Å². The van der Waals surface area contributed by atoms with Crippen LogP contribution < -0.4 is 19.1 Å². The normalized spacial score (nSPS) is 10.6. The van der Waals surface area contributed by atoms with Crippen LogP contribution in [0, 0.1) is 0 Å².